The van der Waals surface area contributed by atoms with E-state index in [2.05, 4.69) is 13.8 Å². The maximum atomic E-state index is 6.27. The van der Waals surface area contributed by atoms with Crippen LogP contribution >= 0.6 is 11.6 Å². The number of rotatable bonds is 2. The van der Waals surface area contributed by atoms with Crippen LogP contribution in [0.25, 0.3) is 0 Å². The van der Waals surface area contributed by atoms with E-state index in [0.717, 1.165) is 16.9 Å². The number of halogens is 1. The molecule has 2 N–H and O–H groups in total. The topological polar surface area (TPSA) is 44.5 Å². The summed E-state index contributed by atoms with van der Waals surface area (Å²) in [5.74, 6) is 1.72. The predicted octanol–water partition coefficient (Wildman–Crippen LogP) is 3.43. The molecule has 1 heterocycles. The first-order valence-electron chi connectivity index (χ1n) is 6.23. The highest BCUT2D eigenvalue weighted by Gasteiger charge is 2.29. The van der Waals surface area contributed by atoms with Gasteiger partial charge in [-0.25, -0.2) is 0 Å². The number of fused-ring (bicyclic) bond motifs is 1. The van der Waals surface area contributed by atoms with Gasteiger partial charge in [0, 0.05) is 11.1 Å². The highest BCUT2D eigenvalue weighted by molar-refractivity contribution is 6.32. The standard InChI is InChI=1S/C14H20ClNO2/c1-8(2)11-9(14(3,4)16)7-10(15)12-13(11)18-6-5-17-12/h7-8H,5-6,16H2,1-4H3. The van der Waals surface area contributed by atoms with E-state index in [1.54, 1.807) is 0 Å². The van der Waals surface area contributed by atoms with Crippen LogP contribution in [0.1, 0.15) is 44.7 Å². The Balaban J connectivity index is 2.72. The molecule has 0 aliphatic carbocycles. The lowest BCUT2D eigenvalue weighted by molar-refractivity contribution is 0.169. The van der Waals surface area contributed by atoms with Gasteiger partial charge in [-0.1, -0.05) is 25.4 Å². The van der Waals surface area contributed by atoms with Crippen LogP contribution in [-0.2, 0) is 5.54 Å². The van der Waals surface area contributed by atoms with Crippen LogP contribution in [0, 0.1) is 0 Å². The second-order valence-corrected chi connectivity index (χ2v) is 5.96. The fourth-order valence-corrected chi connectivity index (χ4v) is 2.54. The smallest absolute Gasteiger partial charge is 0.180 e. The third-order valence-corrected chi connectivity index (χ3v) is 3.36. The summed E-state index contributed by atoms with van der Waals surface area (Å²) in [6, 6.07) is 1.91. The molecule has 1 aromatic rings. The molecule has 0 fully saturated rings. The largest absolute Gasteiger partial charge is 0.486 e. The highest BCUT2D eigenvalue weighted by atomic mass is 35.5. The third kappa shape index (κ3) is 2.29. The van der Waals surface area contributed by atoms with E-state index in [0.29, 0.717) is 29.9 Å². The SMILES string of the molecule is CC(C)c1c(C(C)(C)N)cc(Cl)c2c1OCCO2. The molecule has 1 aliphatic heterocycles. The second kappa shape index (κ2) is 4.63. The summed E-state index contributed by atoms with van der Waals surface area (Å²) in [4.78, 5) is 0. The van der Waals surface area contributed by atoms with Crippen molar-refractivity contribution in [1.82, 2.24) is 0 Å². The van der Waals surface area contributed by atoms with Crippen LogP contribution < -0.4 is 15.2 Å². The maximum Gasteiger partial charge on any atom is 0.180 e. The van der Waals surface area contributed by atoms with Crippen LogP contribution in [0.15, 0.2) is 6.07 Å². The first-order chi connectivity index (χ1) is 8.32. The zero-order valence-corrected chi connectivity index (χ0v) is 12.1. The van der Waals surface area contributed by atoms with Gasteiger partial charge in [0.25, 0.3) is 0 Å². The molecule has 3 nitrogen and oxygen atoms in total. The normalized spacial score (nSPS) is 15.1. The van der Waals surface area contributed by atoms with Gasteiger partial charge in [-0.2, -0.15) is 0 Å². The highest BCUT2D eigenvalue weighted by Crippen LogP contribution is 2.46. The van der Waals surface area contributed by atoms with Crippen molar-refractivity contribution in [3.8, 4) is 11.5 Å². The van der Waals surface area contributed by atoms with Crippen molar-refractivity contribution in [2.75, 3.05) is 13.2 Å². The minimum absolute atomic E-state index is 0.301. The molecule has 18 heavy (non-hydrogen) atoms. The fourth-order valence-electron chi connectivity index (χ4n) is 2.29. The van der Waals surface area contributed by atoms with Crippen LogP contribution in [-0.4, -0.2) is 13.2 Å². The van der Waals surface area contributed by atoms with E-state index in [1.165, 1.54) is 0 Å². The summed E-state index contributed by atoms with van der Waals surface area (Å²) >= 11 is 6.27. The quantitative estimate of drug-likeness (QED) is 0.895. The average molecular weight is 270 g/mol. The molecular formula is C14H20ClNO2. The number of hydrogen-bond acceptors (Lipinski definition) is 3. The summed E-state index contributed by atoms with van der Waals surface area (Å²) in [6.45, 7) is 9.28. The minimum Gasteiger partial charge on any atom is -0.486 e. The van der Waals surface area contributed by atoms with Gasteiger partial charge in [-0.3, -0.25) is 0 Å². The van der Waals surface area contributed by atoms with Crippen LogP contribution in [0.2, 0.25) is 5.02 Å². The maximum absolute atomic E-state index is 6.27. The Morgan fingerprint density at radius 2 is 1.78 bits per heavy atom. The van der Waals surface area contributed by atoms with Crippen LogP contribution in [0.3, 0.4) is 0 Å². The zero-order chi connectivity index (χ0) is 13.5. The Hall–Kier alpha value is -0.930. The molecule has 0 aromatic heterocycles. The molecule has 0 unspecified atom stereocenters. The molecule has 0 atom stereocenters. The lowest BCUT2D eigenvalue weighted by atomic mass is 9.85. The summed E-state index contributed by atoms with van der Waals surface area (Å²) in [5, 5.41) is 0.572. The van der Waals surface area contributed by atoms with Crippen molar-refractivity contribution in [3.05, 3.63) is 22.2 Å². The first-order valence-corrected chi connectivity index (χ1v) is 6.61. The van der Waals surface area contributed by atoms with Crippen molar-refractivity contribution in [1.29, 1.82) is 0 Å². The second-order valence-electron chi connectivity index (χ2n) is 5.55. The Morgan fingerprint density at radius 3 is 2.28 bits per heavy atom. The van der Waals surface area contributed by atoms with Gasteiger partial charge >= 0.3 is 0 Å². The van der Waals surface area contributed by atoms with E-state index in [4.69, 9.17) is 26.8 Å². The van der Waals surface area contributed by atoms with Gasteiger partial charge < -0.3 is 15.2 Å². The van der Waals surface area contributed by atoms with Crippen molar-refractivity contribution in [3.63, 3.8) is 0 Å². The molecule has 1 aromatic carbocycles. The number of ether oxygens (including phenoxy) is 2. The Labute approximate surface area is 113 Å². The molecule has 0 spiro atoms. The summed E-state index contributed by atoms with van der Waals surface area (Å²) < 4.78 is 11.4. The monoisotopic (exact) mass is 269 g/mol. The van der Waals surface area contributed by atoms with Gasteiger partial charge in [0.15, 0.2) is 11.5 Å². The lowest BCUT2D eigenvalue weighted by Gasteiger charge is -2.30. The van der Waals surface area contributed by atoms with E-state index in [9.17, 15) is 0 Å². The molecule has 100 valence electrons. The molecule has 0 saturated carbocycles. The van der Waals surface area contributed by atoms with Crippen molar-refractivity contribution in [2.24, 2.45) is 5.73 Å². The van der Waals surface area contributed by atoms with E-state index in [1.807, 2.05) is 19.9 Å². The molecule has 0 saturated heterocycles. The number of benzene rings is 1. The van der Waals surface area contributed by atoms with Gasteiger partial charge in [0.1, 0.15) is 13.2 Å². The predicted molar refractivity (Wildman–Crippen MR) is 73.7 cm³/mol. The van der Waals surface area contributed by atoms with E-state index >= 15 is 0 Å². The molecule has 0 radical (unpaired) electrons. The number of hydrogen-bond donors (Lipinski definition) is 1. The van der Waals surface area contributed by atoms with Crippen LogP contribution in [0.5, 0.6) is 11.5 Å². The Morgan fingerprint density at radius 1 is 1.22 bits per heavy atom. The summed E-state index contributed by atoms with van der Waals surface area (Å²) in [7, 11) is 0. The van der Waals surface area contributed by atoms with Gasteiger partial charge in [0.2, 0.25) is 0 Å². The van der Waals surface area contributed by atoms with Crippen molar-refractivity contribution < 1.29 is 9.47 Å². The Bertz CT molecular complexity index is 464. The van der Waals surface area contributed by atoms with Gasteiger partial charge in [-0.05, 0) is 31.4 Å². The number of nitrogens with two attached hydrogens (primary N) is 1. The average Bonchev–Trinajstić information content (AvgIpc) is 2.27. The minimum atomic E-state index is -0.459. The van der Waals surface area contributed by atoms with Crippen LogP contribution in [0.4, 0.5) is 0 Å². The van der Waals surface area contributed by atoms with Gasteiger partial charge in [-0.15, -0.1) is 0 Å². The first kappa shape index (κ1) is 13.5. The summed E-state index contributed by atoms with van der Waals surface area (Å²) in [6.07, 6.45) is 0. The van der Waals surface area contributed by atoms with E-state index in [-0.39, 0.29) is 0 Å². The molecule has 1 aliphatic rings. The summed E-state index contributed by atoms with van der Waals surface area (Å²) in [5.41, 5.74) is 7.90. The van der Waals surface area contributed by atoms with E-state index < -0.39 is 5.54 Å². The fraction of sp³-hybridized carbons (Fsp3) is 0.571. The molecule has 0 amide bonds. The third-order valence-electron chi connectivity index (χ3n) is 3.08. The molecule has 2 rings (SSSR count). The van der Waals surface area contributed by atoms with Crippen molar-refractivity contribution in [2.45, 2.75) is 39.2 Å². The molecule has 0 bridgehead atoms. The molecule has 4 heteroatoms. The lowest BCUT2D eigenvalue weighted by Crippen LogP contribution is -2.31. The zero-order valence-electron chi connectivity index (χ0n) is 11.3. The van der Waals surface area contributed by atoms with Gasteiger partial charge in [0.05, 0.1) is 5.02 Å². The molecular weight excluding hydrogens is 250 g/mol. The Kier molecular flexibility index (Phi) is 3.47. The van der Waals surface area contributed by atoms with Crippen molar-refractivity contribution >= 4 is 11.6 Å².